The summed E-state index contributed by atoms with van der Waals surface area (Å²) in [6.45, 7) is 14.1. The van der Waals surface area contributed by atoms with Gasteiger partial charge in [-0.1, -0.05) is 45.2 Å². The topological polar surface area (TPSA) is 57.4 Å². The van der Waals surface area contributed by atoms with Crippen LogP contribution in [0.5, 0.6) is 0 Å². The van der Waals surface area contributed by atoms with Crippen molar-refractivity contribution >= 4 is 72.4 Å². The summed E-state index contributed by atoms with van der Waals surface area (Å²) in [5.41, 5.74) is 8.86. The molecule has 4 nitrogen and oxygen atoms in total. The van der Waals surface area contributed by atoms with Crippen molar-refractivity contribution in [3.8, 4) is 12.3 Å². The Kier molecular flexibility index (Phi) is 5.16. The van der Waals surface area contributed by atoms with Crippen LogP contribution >= 0.6 is 0 Å². The molecule has 5 heterocycles. The van der Waals surface area contributed by atoms with Crippen LogP contribution in [0.2, 0.25) is 39.3 Å². The van der Waals surface area contributed by atoms with Gasteiger partial charge in [-0.05, 0) is 65.0 Å². The Labute approximate surface area is 202 Å². The summed E-state index contributed by atoms with van der Waals surface area (Å²) in [6, 6.07) is 12.8. The number of aromatic amines is 2. The van der Waals surface area contributed by atoms with E-state index in [9.17, 15) is 0 Å². The molecule has 34 heavy (non-hydrogen) atoms. The van der Waals surface area contributed by atoms with Gasteiger partial charge in [0.05, 0.1) is 44.5 Å². The maximum Gasteiger partial charge on any atom is 0.0831 e. The monoisotopic (exact) mass is 478 g/mol. The van der Waals surface area contributed by atoms with Crippen molar-refractivity contribution in [2.75, 3.05) is 0 Å². The minimum atomic E-state index is -1.76. The molecule has 0 aliphatic carbocycles. The van der Waals surface area contributed by atoms with Gasteiger partial charge in [0.15, 0.2) is 0 Å². The zero-order valence-electron chi connectivity index (χ0n) is 20.7. The van der Waals surface area contributed by atoms with Gasteiger partial charge in [-0.3, -0.25) is 0 Å². The summed E-state index contributed by atoms with van der Waals surface area (Å²) in [4.78, 5) is 17.3. The zero-order chi connectivity index (χ0) is 24.3. The molecule has 3 aromatic rings. The Morgan fingerprint density at radius 2 is 1.32 bits per heavy atom. The molecular weight excluding hydrogens is 449 g/mol. The lowest BCUT2D eigenvalue weighted by molar-refractivity contribution is 1.28. The van der Waals surface area contributed by atoms with Crippen LogP contribution in [0, 0.1) is 12.3 Å². The van der Waals surface area contributed by atoms with Crippen LogP contribution in [0.3, 0.4) is 0 Å². The standard InChI is InChI=1S/C28H30N4Si2/c1-8-18-15-26-28(34(5,6)7)24-13-10-20(30-24)16-19-9-12-22(29-19)27(33(2,3)4)23-14-11-21(31-23)17-25(18)32-26/h1,9-17,29-30H,2-7H3. The van der Waals surface area contributed by atoms with E-state index in [1.165, 1.54) is 10.4 Å². The molecule has 8 bridgehead atoms. The number of fused-ring (bicyclic) bond motifs is 8. The number of rotatable bonds is 2. The van der Waals surface area contributed by atoms with Crippen molar-refractivity contribution in [1.82, 2.24) is 19.9 Å². The average Bonchev–Trinajstić information content (AvgIpc) is 3.50. The quantitative estimate of drug-likeness (QED) is 0.285. The molecule has 0 radical (unpaired) electrons. The zero-order valence-corrected chi connectivity index (χ0v) is 22.7. The van der Waals surface area contributed by atoms with Crippen LogP contribution in [0.1, 0.15) is 22.8 Å². The van der Waals surface area contributed by atoms with Crippen molar-refractivity contribution in [2.45, 2.75) is 39.3 Å². The molecule has 0 fully saturated rings. The van der Waals surface area contributed by atoms with Crippen LogP contribution in [0.25, 0.3) is 45.9 Å². The van der Waals surface area contributed by atoms with Crippen LogP contribution in [0.4, 0.5) is 0 Å². The van der Waals surface area contributed by atoms with E-state index in [4.69, 9.17) is 16.4 Å². The van der Waals surface area contributed by atoms with Gasteiger partial charge in [0.2, 0.25) is 0 Å². The predicted octanol–water partition coefficient (Wildman–Crippen LogP) is 5.75. The minimum Gasteiger partial charge on any atom is -0.355 e. The molecular formula is C28H30N4Si2. The summed E-state index contributed by atoms with van der Waals surface area (Å²) >= 11 is 0. The van der Waals surface area contributed by atoms with E-state index in [0.29, 0.717) is 0 Å². The first-order valence-electron chi connectivity index (χ1n) is 11.6. The highest BCUT2D eigenvalue weighted by Crippen LogP contribution is 2.24. The van der Waals surface area contributed by atoms with Crippen molar-refractivity contribution < 1.29 is 0 Å². The molecule has 0 atom stereocenters. The summed E-state index contributed by atoms with van der Waals surface area (Å²) in [6.07, 6.45) is 12.2. The number of H-pyrrole nitrogens is 2. The van der Waals surface area contributed by atoms with E-state index in [0.717, 1.165) is 50.4 Å². The Morgan fingerprint density at radius 1 is 0.735 bits per heavy atom. The number of hydrogen-bond acceptors (Lipinski definition) is 2. The van der Waals surface area contributed by atoms with E-state index in [1.54, 1.807) is 0 Å². The van der Waals surface area contributed by atoms with Gasteiger partial charge in [0, 0.05) is 22.1 Å². The number of allylic oxidation sites excluding steroid dienone is 1. The number of terminal acetylenes is 1. The average molecular weight is 479 g/mol. The first-order valence-corrected chi connectivity index (χ1v) is 18.6. The highest BCUT2D eigenvalue weighted by Gasteiger charge is 2.26. The molecule has 5 rings (SSSR count). The van der Waals surface area contributed by atoms with Gasteiger partial charge in [0.25, 0.3) is 0 Å². The van der Waals surface area contributed by atoms with Gasteiger partial charge in [-0.15, -0.1) is 6.42 Å². The fraction of sp³-hybridized carbons (Fsp3) is 0.214. The van der Waals surface area contributed by atoms with Crippen LogP contribution < -0.4 is 10.4 Å². The second kappa shape index (κ2) is 7.83. The predicted molar refractivity (Wildman–Crippen MR) is 153 cm³/mol. The van der Waals surface area contributed by atoms with E-state index in [2.05, 4.69) is 104 Å². The third-order valence-electron chi connectivity index (χ3n) is 6.18. The Morgan fingerprint density at radius 3 is 1.88 bits per heavy atom. The number of nitrogens with zero attached hydrogens (tertiary/aromatic N) is 2. The summed E-state index contributed by atoms with van der Waals surface area (Å²) in [5.74, 6) is 2.85. The lowest BCUT2D eigenvalue weighted by atomic mass is 10.2. The van der Waals surface area contributed by atoms with Gasteiger partial charge in [0.1, 0.15) is 0 Å². The Hall–Kier alpha value is -3.41. The smallest absolute Gasteiger partial charge is 0.0831 e. The van der Waals surface area contributed by atoms with E-state index >= 15 is 0 Å². The number of aromatic nitrogens is 4. The van der Waals surface area contributed by atoms with E-state index in [-0.39, 0.29) is 0 Å². The lowest BCUT2D eigenvalue weighted by Gasteiger charge is -2.17. The van der Waals surface area contributed by atoms with Gasteiger partial charge >= 0.3 is 0 Å². The van der Waals surface area contributed by atoms with Crippen LogP contribution in [0.15, 0.2) is 36.4 Å². The van der Waals surface area contributed by atoms with Crippen molar-refractivity contribution in [2.24, 2.45) is 0 Å². The highest BCUT2D eigenvalue weighted by atomic mass is 28.3. The number of nitrogens with one attached hydrogen (secondary N) is 2. The first kappa shape index (κ1) is 22.4. The Balaban J connectivity index is 1.97. The summed E-state index contributed by atoms with van der Waals surface area (Å²) < 4.78 is 0. The molecule has 2 N–H and O–H groups in total. The molecule has 0 spiro atoms. The second-order valence-corrected chi connectivity index (χ2v) is 21.0. The number of hydrogen-bond donors (Lipinski definition) is 2. The molecule has 0 saturated carbocycles. The molecule has 2 aliphatic heterocycles. The maximum atomic E-state index is 5.91. The molecule has 170 valence electrons. The lowest BCUT2D eigenvalue weighted by Crippen LogP contribution is -2.40. The molecule has 0 amide bonds. The summed E-state index contributed by atoms with van der Waals surface area (Å²) in [5, 5.41) is 2.59. The van der Waals surface area contributed by atoms with Crippen molar-refractivity contribution in [3.05, 3.63) is 59.2 Å². The molecule has 2 aliphatic rings. The van der Waals surface area contributed by atoms with E-state index in [1.807, 2.05) is 6.07 Å². The minimum absolute atomic E-state index is 0.806. The largest absolute Gasteiger partial charge is 0.355 e. The first-order chi connectivity index (χ1) is 16.0. The maximum absolute atomic E-state index is 5.91. The normalized spacial score (nSPS) is 13.6. The second-order valence-electron chi connectivity index (χ2n) is 11.0. The third kappa shape index (κ3) is 4.02. The summed E-state index contributed by atoms with van der Waals surface area (Å²) in [7, 11) is -3.47. The van der Waals surface area contributed by atoms with Crippen LogP contribution in [-0.2, 0) is 0 Å². The van der Waals surface area contributed by atoms with Gasteiger partial charge < -0.3 is 9.97 Å². The van der Waals surface area contributed by atoms with Crippen LogP contribution in [-0.4, -0.2) is 36.1 Å². The molecule has 0 saturated heterocycles. The van der Waals surface area contributed by atoms with Crippen molar-refractivity contribution in [3.63, 3.8) is 0 Å². The third-order valence-corrected chi connectivity index (χ3v) is 10.2. The van der Waals surface area contributed by atoms with Gasteiger partial charge in [-0.25, -0.2) is 9.97 Å². The molecule has 6 heteroatoms. The SMILES string of the molecule is C#CC1=Cc2nc1cc1nc(c([Si](C)(C)C)c3ccc(cc4ccc([nH]4)c2[Si](C)(C)C)[nH]3)C=C1. The molecule has 3 aromatic heterocycles. The fourth-order valence-corrected chi connectivity index (χ4v) is 8.54. The van der Waals surface area contributed by atoms with Crippen molar-refractivity contribution in [1.29, 1.82) is 0 Å². The fourth-order valence-electron chi connectivity index (χ4n) is 4.83. The highest BCUT2D eigenvalue weighted by molar-refractivity contribution is 6.91. The van der Waals surface area contributed by atoms with E-state index < -0.39 is 16.1 Å². The molecule has 0 aromatic carbocycles. The molecule has 0 unspecified atom stereocenters. The van der Waals surface area contributed by atoms with Gasteiger partial charge in [-0.2, -0.15) is 0 Å². The Bertz CT molecular complexity index is 1580.